The first-order chi connectivity index (χ1) is 57.0. The average Bonchev–Trinajstić information content (AvgIpc) is 0.550. The van der Waals surface area contributed by atoms with Gasteiger partial charge < -0.3 is 48.0 Å². The largest absolute Gasteiger partial charge is 1.00 e. The van der Waals surface area contributed by atoms with Gasteiger partial charge in [-0.15, -0.1) is 0 Å². The summed E-state index contributed by atoms with van der Waals surface area (Å²) in [6.07, 6.45) is -7.03. The van der Waals surface area contributed by atoms with Gasteiger partial charge in [0.25, 0.3) is 0 Å². The van der Waals surface area contributed by atoms with E-state index in [1.54, 1.807) is 0 Å². The van der Waals surface area contributed by atoms with Gasteiger partial charge in [-0.05, 0) is 35.5 Å². The smallest absolute Gasteiger partial charge is 0.326 e. The number of rotatable bonds is 4. The maximum absolute atomic E-state index is 15.5. The van der Waals surface area contributed by atoms with Crippen LogP contribution in [0.15, 0.2) is 37.4 Å². The van der Waals surface area contributed by atoms with Crippen molar-refractivity contribution in [2.24, 2.45) is 60.4 Å². The molecule has 0 spiro atoms. The third-order valence-corrected chi connectivity index (χ3v) is 33.7. The molecule has 24 saturated heterocycles. The van der Waals surface area contributed by atoms with Crippen LogP contribution in [-0.4, -0.2) is 468 Å². The Morgan fingerprint density at radius 1 is 0.208 bits per heavy atom. The zero-order chi connectivity index (χ0) is 78.7. The molecule has 2 aromatic heterocycles. The molecule has 0 aromatic carbocycles. The predicted octanol–water partition coefficient (Wildman–Crippen LogP) is -13.2. The molecule has 0 radical (unpaired) electrons. The van der Waals surface area contributed by atoms with Gasteiger partial charge in [-0.1, -0.05) is 0 Å². The van der Waals surface area contributed by atoms with E-state index in [2.05, 4.69) is 69.8 Å². The molecule has 52 nitrogen and oxygen atoms in total. The molecule has 2 aromatic rings. The van der Waals surface area contributed by atoms with E-state index in [-0.39, 0.29) is 48.0 Å². The van der Waals surface area contributed by atoms with Crippen molar-refractivity contribution in [2.75, 3.05) is 107 Å². The number of carbonyl (C=O) groups excluding carboxylic acids is 16. The summed E-state index contributed by atoms with van der Waals surface area (Å²) in [4.78, 5) is 289. The average molecular weight is 1880 g/mol. The van der Waals surface area contributed by atoms with Crippen molar-refractivity contribution in [3.63, 3.8) is 0 Å². The van der Waals surface area contributed by atoms with Gasteiger partial charge in [-0.3, -0.25) is 157 Å². The third-order valence-electron chi connectivity index (χ3n) is 33.7. The maximum Gasteiger partial charge on any atom is 0.326 e. The van der Waals surface area contributed by atoms with Crippen molar-refractivity contribution in [2.45, 2.75) is 112 Å². The number of halogens is 2. The molecule has 32 rings (SSSR count). The van der Waals surface area contributed by atoms with Crippen molar-refractivity contribution in [1.82, 2.24) is 166 Å². The van der Waals surface area contributed by atoms with E-state index in [1.807, 2.05) is 0 Å². The molecular formula is C66H70I2N36O16. The quantitative estimate of drug-likeness (QED) is 0.203. The molecule has 0 N–H and O–H groups in total. The Labute approximate surface area is 708 Å². The van der Waals surface area contributed by atoms with Crippen LogP contribution in [0, 0.1) is 46.3 Å². The van der Waals surface area contributed by atoms with Crippen LogP contribution in [0.25, 0.3) is 0 Å². The number of urea groups is 16. The van der Waals surface area contributed by atoms with E-state index in [0.717, 1.165) is 46.3 Å². The molecule has 30 fully saturated rings. The fourth-order valence-corrected chi connectivity index (χ4v) is 29.8. The minimum absolute atomic E-state index is 0. The molecule has 24 aliphatic heterocycles. The monoisotopic (exact) mass is 1880 g/mol. The van der Waals surface area contributed by atoms with Crippen molar-refractivity contribution in [3.8, 4) is 0 Å². The summed E-state index contributed by atoms with van der Waals surface area (Å²) in [6, 6.07) is -11.9. The third kappa shape index (κ3) is 6.41. The topological polar surface area (TPSA) is 394 Å². The Morgan fingerprint density at radius 3 is 0.392 bits per heavy atom. The number of aryl methyl sites for hydroxylation is 2. The zero-order valence-electron chi connectivity index (χ0n) is 63.3. The summed E-state index contributed by atoms with van der Waals surface area (Å²) in [7, 11) is 4.25. The SMILES string of the molecule is C[n+]1ccn(CC23C4C5C2C2C3C4C52Cn2cc[n+](C)c2)c1.O=C1N2CN3C(=O)N4CN5C(=O)N6CN7C(=O)N8CN9C(=O)N%10CN%11C(=O)N%12CN%13C(=O)N%14CN%15C(=O)N%16CN1C1C2N2CN%17C(=O)N(CN%18C(=O)N(CN%19C(=O)N(CN%20C(=O)N(CN%21C(=O)N(CN%22C(=O)N(CN%23C(=O)N(CN1C2=O)C%16C%15%23)C%14C%13%22)C%12C%11%21)C%10C9%20)C8C7%19)C6C5%18)C4C3%17.[I-].[I-]. The normalized spacial score (nSPS) is 42.1. The highest BCUT2D eigenvalue weighted by Crippen LogP contribution is 3.10. The van der Waals surface area contributed by atoms with Crippen LogP contribution < -0.4 is 57.1 Å². The van der Waals surface area contributed by atoms with Gasteiger partial charge in [0.05, 0.1) is 27.2 Å². The molecular weight excluding hydrogens is 1810 g/mol. The molecule has 26 heterocycles. The number of imidazole rings is 2. The van der Waals surface area contributed by atoms with Gasteiger partial charge in [-0.2, -0.15) is 0 Å². The van der Waals surface area contributed by atoms with Crippen molar-refractivity contribution in [1.29, 1.82) is 0 Å². The van der Waals surface area contributed by atoms with Gasteiger partial charge in [0, 0.05) is 10.8 Å². The van der Waals surface area contributed by atoms with Gasteiger partial charge in [-0.25, -0.2) is 95.0 Å². The van der Waals surface area contributed by atoms with Crippen LogP contribution in [0.2, 0.25) is 0 Å². The Hall–Kier alpha value is -11.8. The van der Waals surface area contributed by atoms with E-state index in [9.17, 15) is 0 Å². The molecule has 30 aliphatic rings. The maximum atomic E-state index is 15.5. The lowest BCUT2D eigenvalue weighted by Gasteiger charge is -3.11. The Morgan fingerprint density at radius 2 is 0.308 bits per heavy atom. The Bertz CT molecular complexity index is 4190. The van der Waals surface area contributed by atoms with Crippen LogP contribution in [0.1, 0.15) is 0 Å². The molecule has 120 heavy (non-hydrogen) atoms. The number of hydrogen-bond donors (Lipinski definition) is 0. The summed E-state index contributed by atoms with van der Waals surface area (Å²) in [5.41, 5.74) is 1.49. The first-order valence-electron chi connectivity index (χ1n) is 40.2. The zero-order valence-corrected chi connectivity index (χ0v) is 67.6. The molecule has 54 heteroatoms. The van der Waals surface area contributed by atoms with Crippen LogP contribution >= 0.6 is 0 Å². The number of aromatic nitrogens is 4. The fraction of sp³-hybridized carbons (Fsp3) is 0.667. The van der Waals surface area contributed by atoms with Crippen LogP contribution in [0.4, 0.5) is 76.7 Å². The second-order valence-corrected chi connectivity index (χ2v) is 37.3. The number of amides is 32. The van der Waals surface area contributed by atoms with Gasteiger partial charge >= 0.3 is 96.5 Å². The molecule has 624 valence electrons. The van der Waals surface area contributed by atoms with Crippen LogP contribution in [0.5, 0.6) is 0 Å². The van der Waals surface area contributed by atoms with Gasteiger partial charge in [0.15, 0.2) is 98.7 Å². The molecule has 32 amide bonds. The Balaban J connectivity index is 0.000000261. The van der Waals surface area contributed by atoms with Gasteiger partial charge in [0.2, 0.25) is 12.7 Å². The van der Waals surface area contributed by atoms with Crippen molar-refractivity contribution >= 4 is 96.5 Å². The molecule has 6 saturated carbocycles. The summed E-state index contributed by atoms with van der Waals surface area (Å²) in [5.74, 6) is 6.53. The summed E-state index contributed by atoms with van der Waals surface area (Å²) >= 11 is 0. The first-order valence-corrected chi connectivity index (χ1v) is 40.2. The van der Waals surface area contributed by atoms with E-state index < -0.39 is 302 Å². The number of nitrogens with zero attached hydrogens (tertiary/aromatic N) is 36. The predicted molar refractivity (Wildman–Crippen MR) is 361 cm³/mol. The number of hydrogen-bond acceptors (Lipinski definition) is 16. The highest BCUT2D eigenvalue weighted by molar-refractivity contribution is 5.97. The molecule has 0 bridgehead atoms. The second kappa shape index (κ2) is 19.9. The van der Waals surface area contributed by atoms with Crippen molar-refractivity contribution < 1.29 is 134 Å². The molecule has 6 aliphatic carbocycles. The second-order valence-electron chi connectivity index (χ2n) is 37.3. The summed E-state index contributed by atoms with van der Waals surface area (Å²) < 4.78 is 9.24. The summed E-state index contributed by atoms with van der Waals surface area (Å²) in [6.45, 7) is -6.28. The van der Waals surface area contributed by atoms with Crippen molar-refractivity contribution in [3.05, 3.63) is 37.4 Å². The van der Waals surface area contributed by atoms with Crippen LogP contribution in [0.3, 0.4) is 0 Å². The van der Waals surface area contributed by atoms with E-state index in [0.29, 0.717) is 0 Å². The van der Waals surface area contributed by atoms with E-state index >= 15 is 76.7 Å². The summed E-state index contributed by atoms with van der Waals surface area (Å²) in [5, 5.41) is 0. The lowest BCUT2D eigenvalue weighted by atomic mass is 8.92. The standard InChI is InChI=1S/C48H48N32O16.C18H22N4.2HI/c81-33-49-1-50-18-20-54(34(50)82)4-58-22-24-62(38(58)86)8-66-26-28-70(42(66)90)12-74-30-32-78(46(74)94)15-77-31-29-73(45(77)93)11-69-27-25-65(41(69)89)7-61-23-21-57(37(61)85)3-53(33)19-17(49)51-2-52(18)36(84)56(20)6-60(22)40(88)64(24)10-68(26)44(92)72(28)14-76(30)48(96)80(32)16-79(31)47(95)75(29)13-71(27)43(91)67(25)9-63(23)39(87)59(21)5-55(19)35(51)83;1-19-3-5-21(9-19)7-17-11-14-12(17)16-13(17)15(11)18(14,16)8-22-6-4-20(2)10-22;;/h17-32H,1-16H2;3-6,9-16H,7-8H2,1-2H3;2*1H/q;+2;;/p-2. The molecule has 0 unspecified atom stereocenters. The minimum Gasteiger partial charge on any atom is -1.00 e. The number of carbonyl (C=O) groups is 16. The van der Waals surface area contributed by atoms with E-state index in [4.69, 9.17) is 0 Å². The highest BCUT2D eigenvalue weighted by atomic mass is 127. The lowest BCUT2D eigenvalue weighted by molar-refractivity contribution is -0.676. The highest BCUT2D eigenvalue weighted by Gasteiger charge is 3.10. The Kier molecular flexibility index (Phi) is 11.1. The lowest BCUT2D eigenvalue weighted by Crippen LogP contribution is -3.10. The van der Waals surface area contributed by atoms with Gasteiger partial charge in [0.1, 0.15) is 131 Å². The molecule has 0 atom stereocenters. The van der Waals surface area contributed by atoms with E-state index in [1.165, 1.54) is 170 Å². The minimum atomic E-state index is -1.28. The first kappa shape index (κ1) is 67.0. The fourth-order valence-electron chi connectivity index (χ4n) is 29.8. The van der Waals surface area contributed by atoms with Crippen LogP contribution in [-0.2, 0) is 27.2 Å².